The minimum atomic E-state index is -4.67. The number of allylic oxidation sites excluding steroid dienone is 8. The van der Waals surface area contributed by atoms with Gasteiger partial charge < -0.3 is 29.6 Å². The van der Waals surface area contributed by atoms with Gasteiger partial charge in [0.2, 0.25) is 0 Å². The number of carbonyl (C=O) groups excluding carboxylic acids is 2. The average molecular weight is 693 g/mol. The van der Waals surface area contributed by atoms with Gasteiger partial charge in [0.05, 0.1) is 28.4 Å². The fraction of sp³-hybridized carbons (Fsp3) is 0.389. The fourth-order valence-corrected chi connectivity index (χ4v) is 8.20. The van der Waals surface area contributed by atoms with E-state index in [0.29, 0.717) is 12.1 Å². The molecule has 2 aromatic rings. The van der Waals surface area contributed by atoms with Crippen molar-refractivity contribution in [1.82, 2.24) is 10.6 Å². The lowest BCUT2D eigenvalue weighted by atomic mass is 9.77. The molecule has 0 saturated carbocycles. The maximum atomic E-state index is 11.6. The Balaban J connectivity index is 0.000000150. The summed E-state index contributed by atoms with van der Waals surface area (Å²) in [6.45, 7) is 1.93. The van der Waals surface area contributed by atoms with Crippen molar-refractivity contribution in [2.24, 2.45) is 0 Å². The van der Waals surface area contributed by atoms with Crippen LogP contribution in [-0.4, -0.2) is 70.6 Å². The number of rotatable bonds is 4. The number of hydrogen-bond acceptors (Lipinski definition) is 10. The third kappa shape index (κ3) is 6.32. The van der Waals surface area contributed by atoms with Crippen molar-refractivity contribution in [3.05, 3.63) is 94.1 Å². The second-order valence-corrected chi connectivity index (χ2v) is 13.6. The highest BCUT2D eigenvalue weighted by atomic mass is 32.3. The van der Waals surface area contributed by atoms with Crippen molar-refractivity contribution in [3.8, 4) is 23.0 Å². The monoisotopic (exact) mass is 692 g/mol. The SMILES string of the molecule is COc1cc2c3c(c1OC)C1(C=CC(=O)C=C1)C[C@H]3NCC2.COc1cc2c3c(c1OC)C1(C=CC(=O)C=C1)C[C@H]3NCC2.O=S(=O)(O)O. The molecular weight excluding hydrogens is 652 g/mol. The Morgan fingerprint density at radius 2 is 1.00 bits per heavy atom. The average Bonchev–Trinajstić information content (AvgIpc) is 3.58. The number of methoxy groups -OCH3 is 4. The van der Waals surface area contributed by atoms with Gasteiger partial charge in [-0.1, -0.05) is 24.3 Å². The summed E-state index contributed by atoms with van der Waals surface area (Å²) in [5.74, 6) is 3.21. The summed E-state index contributed by atoms with van der Waals surface area (Å²) in [6, 6.07) is 4.82. The van der Waals surface area contributed by atoms with E-state index in [2.05, 4.69) is 22.8 Å². The van der Waals surface area contributed by atoms with Crippen LogP contribution in [-0.2, 0) is 43.7 Å². The molecule has 2 atom stereocenters. The molecule has 13 heteroatoms. The molecule has 0 unspecified atom stereocenters. The lowest BCUT2D eigenvalue weighted by Crippen LogP contribution is -2.28. The van der Waals surface area contributed by atoms with Crippen molar-refractivity contribution >= 4 is 22.0 Å². The molecule has 2 heterocycles. The molecule has 0 radical (unpaired) electrons. The van der Waals surface area contributed by atoms with E-state index in [9.17, 15) is 9.59 Å². The van der Waals surface area contributed by atoms with Crippen LogP contribution < -0.4 is 29.6 Å². The van der Waals surface area contributed by atoms with Gasteiger partial charge in [-0.15, -0.1) is 0 Å². The molecule has 4 aliphatic carbocycles. The predicted octanol–water partition coefficient (Wildman–Crippen LogP) is 3.80. The van der Waals surface area contributed by atoms with E-state index in [4.69, 9.17) is 36.5 Å². The molecule has 0 amide bonds. The summed E-state index contributed by atoms with van der Waals surface area (Å²) < 4.78 is 54.1. The van der Waals surface area contributed by atoms with E-state index in [1.807, 2.05) is 24.3 Å². The smallest absolute Gasteiger partial charge is 0.394 e. The molecule has 2 spiro atoms. The molecule has 2 aliphatic heterocycles. The Kier molecular flexibility index (Phi) is 9.33. The van der Waals surface area contributed by atoms with E-state index in [-0.39, 0.29) is 22.4 Å². The van der Waals surface area contributed by atoms with Gasteiger partial charge in [-0.3, -0.25) is 18.7 Å². The number of ketones is 2. The lowest BCUT2D eigenvalue weighted by molar-refractivity contribution is -0.111. The second-order valence-electron chi connectivity index (χ2n) is 12.7. The summed E-state index contributed by atoms with van der Waals surface area (Å²) >= 11 is 0. The van der Waals surface area contributed by atoms with Gasteiger partial charge in [-0.2, -0.15) is 8.42 Å². The molecule has 0 fully saturated rings. The van der Waals surface area contributed by atoms with Gasteiger partial charge >= 0.3 is 10.4 Å². The van der Waals surface area contributed by atoms with Crippen LogP contribution in [0.25, 0.3) is 0 Å². The molecule has 8 rings (SSSR count). The molecule has 0 bridgehead atoms. The maximum absolute atomic E-state index is 11.6. The topological polar surface area (TPSA) is 170 Å². The molecule has 0 aromatic heterocycles. The first-order chi connectivity index (χ1) is 23.4. The summed E-state index contributed by atoms with van der Waals surface area (Å²) in [5.41, 5.74) is 7.06. The van der Waals surface area contributed by atoms with Gasteiger partial charge in [0.25, 0.3) is 0 Å². The Labute approximate surface area is 285 Å². The van der Waals surface area contributed by atoms with Crippen LogP contribution in [0.15, 0.2) is 60.7 Å². The van der Waals surface area contributed by atoms with Gasteiger partial charge in [-0.05, 0) is 97.5 Å². The number of fused-ring (bicyclic) bond motifs is 2. The van der Waals surface area contributed by atoms with Crippen LogP contribution in [0.1, 0.15) is 58.3 Å². The fourth-order valence-electron chi connectivity index (χ4n) is 8.20. The Morgan fingerprint density at radius 1 is 0.653 bits per heavy atom. The molecular formula is C36H40N2O10S. The summed E-state index contributed by atoms with van der Waals surface area (Å²) in [4.78, 5) is 23.2. The zero-order chi connectivity index (χ0) is 35.1. The van der Waals surface area contributed by atoms with E-state index >= 15 is 0 Å². The van der Waals surface area contributed by atoms with Crippen LogP contribution in [0, 0.1) is 0 Å². The maximum Gasteiger partial charge on any atom is 0.394 e. The molecule has 260 valence electrons. The molecule has 2 aromatic carbocycles. The summed E-state index contributed by atoms with van der Waals surface area (Å²) in [6.07, 6.45) is 18.6. The molecule has 6 aliphatic rings. The van der Waals surface area contributed by atoms with Crippen molar-refractivity contribution in [2.75, 3.05) is 41.5 Å². The van der Waals surface area contributed by atoms with Gasteiger partial charge in [0.15, 0.2) is 34.6 Å². The third-order valence-electron chi connectivity index (χ3n) is 10.1. The number of benzene rings is 2. The largest absolute Gasteiger partial charge is 0.493 e. The normalized spacial score (nSPS) is 22.5. The second kappa shape index (κ2) is 13.2. The molecule has 4 N–H and O–H groups in total. The van der Waals surface area contributed by atoms with Gasteiger partial charge in [0, 0.05) is 34.0 Å². The molecule has 49 heavy (non-hydrogen) atoms. The van der Waals surface area contributed by atoms with Crippen LogP contribution in [0.5, 0.6) is 23.0 Å². The quantitative estimate of drug-likeness (QED) is 0.343. The number of hydrogen-bond donors (Lipinski definition) is 4. The first-order valence-corrected chi connectivity index (χ1v) is 17.3. The van der Waals surface area contributed by atoms with Crippen molar-refractivity contribution in [3.63, 3.8) is 0 Å². The number of carbonyl (C=O) groups is 2. The highest BCUT2D eigenvalue weighted by molar-refractivity contribution is 7.79. The highest BCUT2D eigenvalue weighted by Crippen LogP contribution is 2.57. The molecule has 0 saturated heterocycles. The first kappa shape index (κ1) is 34.6. The van der Waals surface area contributed by atoms with Crippen LogP contribution in [0.4, 0.5) is 0 Å². The van der Waals surface area contributed by atoms with Crippen LogP contribution in [0.3, 0.4) is 0 Å². The Bertz CT molecular complexity index is 1760. The van der Waals surface area contributed by atoms with Gasteiger partial charge in [-0.25, -0.2) is 0 Å². The van der Waals surface area contributed by atoms with E-state index < -0.39 is 10.4 Å². The van der Waals surface area contributed by atoms with Crippen LogP contribution in [0.2, 0.25) is 0 Å². The predicted molar refractivity (Wildman–Crippen MR) is 181 cm³/mol. The van der Waals surface area contributed by atoms with Crippen molar-refractivity contribution < 1.29 is 46.1 Å². The molecule has 12 nitrogen and oxygen atoms in total. The lowest BCUT2D eigenvalue weighted by Gasteiger charge is -2.27. The first-order valence-electron chi connectivity index (χ1n) is 15.9. The Hall–Kier alpha value is -4.27. The Morgan fingerprint density at radius 3 is 1.31 bits per heavy atom. The van der Waals surface area contributed by atoms with E-state index in [0.717, 1.165) is 72.9 Å². The zero-order valence-electron chi connectivity index (χ0n) is 27.7. The van der Waals surface area contributed by atoms with E-state index in [1.165, 1.54) is 22.3 Å². The van der Waals surface area contributed by atoms with Crippen molar-refractivity contribution in [1.29, 1.82) is 0 Å². The third-order valence-corrected chi connectivity index (χ3v) is 10.1. The zero-order valence-corrected chi connectivity index (χ0v) is 28.6. The summed E-state index contributed by atoms with van der Waals surface area (Å²) in [7, 11) is 2.04. The van der Waals surface area contributed by atoms with Crippen LogP contribution >= 0.6 is 0 Å². The summed E-state index contributed by atoms with van der Waals surface area (Å²) in [5, 5.41) is 7.20. The van der Waals surface area contributed by atoms with Crippen molar-refractivity contribution in [2.45, 2.75) is 48.6 Å². The number of nitrogens with one attached hydrogen (secondary N) is 2. The standard InChI is InChI=1S/2C18H19NO3.H2O4S/c2*1-21-14-9-11-5-8-19-13-10-18(6-3-12(20)4-7-18)16(15(11)13)17(14)22-2;1-5(2,3)4/h2*3-4,6-7,9,13,19H,5,8,10H2,1-2H3;(H2,1,2,3,4)/t2*13-;/m11./s1. The minimum absolute atomic E-state index is 0.0422. The number of ether oxygens (including phenoxy) is 4. The minimum Gasteiger partial charge on any atom is -0.493 e. The van der Waals surface area contributed by atoms with E-state index in [1.54, 1.807) is 52.7 Å². The van der Waals surface area contributed by atoms with Gasteiger partial charge in [0.1, 0.15) is 0 Å². The highest BCUT2D eigenvalue weighted by Gasteiger charge is 2.48.